The number of aromatic nitrogens is 2. The summed E-state index contributed by atoms with van der Waals surface area (Å²) in [6.45, 7) is 34.2. The van der Waals surface area contributed by atoms with Crippen molar-refractivity contribution in [1.29, 1.82) is 0 Å². The Labute approximate surface area is 996 Å². The van der Waals surface area contributed by atoms with Crippen molar-refractivity contribution in [3.63, 3.8) is 0 Å². The Morgan fingerprint density at radius 3 is 0.747 bits per heavy atom. The zero-order chi connectivity index (χ0) is 105. The molecule has 1 aromatic heterocycles. The number of rotatable bonds is 6. The maximum atomic E-state index is 13.9. The molecule has 0 radical (unpaired) electrons. The van der Waals surface area contributed by atoms with Crippen LogP contribution in [-0.4, -0.2) is 14.9 Å². The van der Waals surface area contributed by atoms with E-state index in [2.05, 4.69) is 19.1 Å². The van der Waals surface area contributed by atoms with Crippen molar-refractivity contribution >= 4 is 39.8 Å². The fraction of sp³-hybridized carbons (Fsp3) is 0.169. The maximum absolute atomic E-state index is 13.9. The van der Waals surface area contributed by atoms with E-state index in [4.69, 9.17) is 9.97 Å². The van der Waals surface area contributed by atoms with Crippen molar-refractivity contribution in [3.05, 3.63) is 531 Å². The van der Waals surface area contributed by atoms with Crippen LogP contribution < -0.4 is 15.9 Å². The van der Waals surface area contributed by atoms with Crippen molar-refractivity contribution < 1.29 is 268 Å². The van der Waals surface area contributed by atoms with Crippen molar-refractivity contribution in [2.24, 2.45) is 0 Å². The Bertz CT molecular complexity index is 6290. The first-order valence-electron chi connectivity index (χ1n) is 44.3. The van der Waals surface area contributed by atoms with Gasteiger partial charge in [0.15, 0.2) is 30.4 Å². The first kappa shape index (κ1) is 136. The average molecular weight is 2150 g/mol. The molecule has 0 spiro atoms. The van der Waals surface area contributed by atoms with Crippen LogP contribution in [0.4, 0.5) is 75.9 Å². The number of alkyl halides is 3. The molecule has 0 saturated heterocycles. The van der Waals surface area contributed by atoms with E-state index in [-0.39, 0.29) is 241 Å². The normalized spacial score (nSPS) is 10.3. The zero-order valence-electron chi connectivity index (χ0n) is 83.6. The first-order chi connectivity index (χ1) is 66.4. The standard InChI is InChI=1S/C21H15FN2.C19H16FOP.C9H9F3.6C8H9F.2C7H6F2.C7H6FNO2.5Ar/c1-14-6-8-15(9-7-14)20-21(16-10-12-17(22)13-11-16)24-19-5-3-2-4-18(19)23-20;1-15-7-11-18(12-8-15)22(21,17-5-3-2-4-6-17)19-13-9-16(20)10-14-19;1-6-3-4-7(2)8(5-6)9(10,11)12;2*1-6-3-4-8(9)7(2)5-6;4*1-6-3-4-7(2)8(9)5-6;2*1-5-2-3-6(8)7(9)4-5;1-5-2-3-7(9(10)11)6(8)4-5;;;;;/h2-13H,1H3;2-14H,1H3;3-5H,1-2H3;6*3-5H,1-2H3;2*2-4H,1H3;2-4H,1H3;;;;;. The van der Waals surface area contributed by atoms with Crippen LogP contribution in [0.2, 0.25) is 0 Å². The predicted octanol–water partition coefficient (Wildman–Crippen LogP) is 33.8. The third-order valence-corrected chi connectivity index (χ3v) is 23.9. The van der Waals surface area contributed by atoms with Gasteiger partial charge in [0.1, 0.15) is 46.5 Å². The summed E-state index contributed by atoms with van der Waals surface area (Å²) in [6, 6.07) is 92.2. The van der Waals surface area contributed by atoms with E-state index in [1.807, 2.05) is 176 Å². The monoisotopic (exact) mass is 2150 g/mol. The number of halogens is 16. The summed E-state index contributed by atoms with van der Waals surface area (Å²) < 4.78 is 214. The van der Waals surface area contributed by atoms with E-state index >= 15 is 0 Å². The number of nitrogens with zero attached hydrogens (tertiary/aromatic N) is 3. The van der Waals surface area contributed by atoms with Gasteiger partial charge in [0.05, 0.1) is 32.9 Å². The summed E-state index contributed by atoms with van der Waals surface area (Å²) in [6.07, 6.45) is -4.23. The van der Waals surface area contributed by atoms with Crippen molar-refractivity contribution in [1.82, 2.24) is 9.97 Å². The van der Waals surface area contributed by atoms with Crippen molar-refractivity contribution in [2.75, 3.05) is 0 Å². The number of aryl methyl sites for hydroxylation is 19. The van der Waals surface area contributed by atoms with Crippen LogP contribution in [0.25, 0.3) is 33.5 Å². The molecular formula is C118H112Ar5F16N3O3P. The number of hydrogen-bond acceptors (Lipinski definition) is 5. The van der Waals surface area contributed by atoms with Crippen molar-refractivity contribution in [3.8, 4) is 22.5 Å². The summed E-state index contributed by atoms with van der Waals surface area (Å²) in [5.41, 5.74) is 19.8. The topological polar surface area (TPSA) is 86.0 Å². The summed E-state index contributed by atoms with van der Waals surface area (Å²) >= 11 is 0. The molecule has 17 rings (SSSR count). The second-order valence-corrected chi connectivity index (χ2v) is 36.2. The fourth-order valence-corrected chi connectivity index (χ4v) is 15.2. The van der Waals surface area contributed by atoms with Crippen molar-refractivity contribution in [2.45, 2.75) is 138 Å². The van der Waals surface area contributed by atoms with Crippen LogP contribution in [0.1, 0.15) is 111 Å². The summed E-state index contributed by atoms with van der Waals surface area (Å²) in [7, 11) is -2.98. The molecule has 6 nitrogen and oxygen atoms in total. The molecule has 1 unspecified atom stereocenters. The minimum Gasteiger partial charge on any atom is -0.309 e. The maximum Gasteiger partial charge on any atom is 0.416 e. The van der Waals surface area contributed by atoms with Crippen LogP contribution in [0.3, 0.4) is 0 Å². The minimum absolute atomic E-state index is 0. The van der Waals surface area contributed by atoms with Gasteiger partial charge in [0.25, 0.3) is 0 Å². The Morgan fingerprint density at radius 1 is 0.233 bits per heavy atom. The number of fused-ring (bicyclic) bond motifs is 1. The molecule has 0 amide bonds. The van der Waals surface area contributed by atoms with Gasteiger partial charge in [0.2, 0.25) is 5.82 Å². The molecule has 0 N–H and O–H groups in total. The molecule has 17 aromatic rings. The number of para-hydroxylation sites is 2. The van der Waals surface area contributed by atoms with Gasteiger partial charge < -0.3 is 4.57 Å². The Hall–Kier alpha value is -8.33. The first-order valence-corrected chi connectivity index (χ1v) is 46.0. The van der Waals surface area contributed by atoms with E-state index < -0.39 is 58.6 Å². The largest absolute Gasteiger partial charge is 0.416 e. The molecule has 0 fully saturated rings. The minimum atomic E-state index is -4.23. The van der Waals surface area contributed by atoms with Gasteiger partial charge in [-0.2, -0.15) is 17.6 Å². The molecule has 28 heteroatoms. The number of nitro benzene ring substituents is 1. The van der Waals surface area contributed by atoms with E-state index in [1.54, 1.807) is 136 Å². The third kappa shape index (κ3) is 47.1. The van der Waals surface area contributed by atoms with E-state index in [1.165, 1.54) is 97.4 Å². The van der Waals surface area contributed by atoms with Gasteiger partial charge in [0, 0.05) is 222 Å². The van der Waals surface area contributed by atoms with Crippen LogP contribution in [0, 0.1) is 406 Å². The molecule has 1 heterocycles. The Balaban J connectivity index is 0.000000811. The van der Waals surface area contributed by atoms with Gasteiger partial charge in [-0.25, -0.2) is 62.7 Å². The van der Waals surface area contributed by atoms with Crippen LogP contribution in [0.5, 0.6) is 0 Å². The SMILES string of the molecule is Cc1ccc(-c2nc3ccccc3nc2-c2ccc(F)cc2)cc1.Cc1ccc(C)c(C(F)(F)F)c1.Cc1ccc(C)c(F)c1.Cc1ccc(C)c(F)c1.Cc1ccc(C)c(F)c1.Cc1ccc(C)c(F)c1.Cc1ccc(F)c(C)c1.Cc1ccc(F)c(C)c1.Cc1ccc(F)c(F)c1.Cc1ccc(F)c(F)c1.Cc1ccc(P(=O)(c2ccccc2)c2ccc(F)cc2)cc1.Cc1ccc([N+](=O)[O-])c(F)c1.[Ar].[Ar].[Ar].[Ar].[Ar]. The molecule has 774 valence electrons. The molecular weight excluding hydrogens is 2040 g/mol. The molecule has 1 atom stereocenters. The molecule has 146 heavy (non-hydrogen) atoms. The third-order valence-electron chi connectivity index (χ3n) is 20.8. The van der Waals surface area contributed by atoms with Crippen LogP contribution in [0.15, 0.2) is 334 Å². The summed E-state index contributed by atoms with van der Waals surface area (Å²) in [4.78, 5) is 19.0. The molecule has 0 aliphatic rings. The van der Waals surface area contributed by atoms with Crippen LogP contribution >= 0.6 is 7.14 Å². The number of nitro groups is 1. The fourth-order valence-electron chi connectivity index (χ4n) is 12.6. The molecule has 16 aromatic carbocycles. The number of benzene rings is 16. The molecule has 0 aliphatic heterocycles. The van der Waals surface area contributed by atoms with Gasteiger partial charge in [-0.3, -0.25) is 10.1 Å². The van der Waals surface area contributed by atoms with Gasteiger partial charge in [-0.05, 0) is 343 Å². The summed E-state index contributed by atoms with van der Waals surface area (Å²) in [5.74, 6) is -5.23. The summed E-state index contributed by atoms with van der Waals surface area (Å²) in [5, 5.41) is 12.3. The predicted molar refractivity (Wildman–Crippen MR) is 542 cm³/mol. The van der Waals surface area contributed by atoms with Gasteiger partial charge in [-0.1, -0.05) is 222 Å². The molecule has 0 aliphatic carbocycles. The van der Waals surface area contributed by atoms with E-state index in [0.717, 1.165) is 148 Å². The molecule has 0 bridgehead atoms. The quantitative estimate of drug-likeness (QED) is 0.0717. The average Bonchev–Trinajstić information content (AvgIpc) is 0.755. The van der Waals surface area contributed by atoms with Gasteiger partial charge in [-0.15, -0.1) is 0 Å². The molecule has 0 saturated carbocycles. The Kier molecular flexibility index (Phi) is 63.0. The van der Waals surface area contributed by atoms with Crippen LogP contribution in [-0.2, 0) is 10.7 Å². The number of hydrogen-bond donors (Lipinski definition) is 0. The van der Waals surface area contributed by atoms with Gasteiger partial charge >= 0.3 is 11.9 Å². The van der Waals surface area contributed by atoms with E-state index in [0.29, 0.717) is 38.7 Å². The smallest absolute Gasteiger partial charge is 0.309 e. The zero-order valence-corrected chi connectivity index (χ0v) is 88.0. The second-order valence-electron chi connectivity index (χ2n) is 33.4. The van der Waals surface area contributed by atoms with E-state index in [9.17, 15) is 84.9 Å². The second kappa shape index (κ2) is 67.8. The Morgan fingerprint density at radius 2 is 0.473 bits per heavy atom.